The number of anilines is 1. The Labute approximate surface area is 223 Å². The molecule has 37 heavy (non-hydrogen) atoms. The summed E-state index contributed by atoms with van der Waals surface area (Å²) in [4.78, 5) is 37.2. The summed E-state index contributed by atoms with van der Waals surface area (Å²) in [5, 5.41) is 13.2. The molecule has 1 saturated heterocycles. The molecule has 1 heterocycles. The molecule has 0 bridgehead atoms. The van der Waals surface area contributed by atoms with Crippen molar-refractivity contribution in [2.75, 3.05) is 12.0 Å². The molecule has 0 spiro atoms. The molecule has 1 fully saturated rings. The number of non-ortho nitro benzene ring substituents is 1. The quantitative estimate of drug-likeness (QED) is 0.138. The zero-order valence-electron chi connectivity index (χ0n) is 19.1. The van der Waals surface area contributed by atoms with Crippen LogP contribution in [0.25, 0.3) is 6.08 Å². The van der Waals surface area contributed by atoms with E-state index in [0.29, 0.717) is 32.8 Å². The lowest BCUT2D eigenvalue weighted by Gasteiger charge is -2.29. The minimum absolute atomic E-state index is 0.0278. The van der Waals surface area contributed by atoms with Gasteiger partial charge in [-0.25, -0.2) is 4.39 Å². The van der Waals surface area contributed by atoms with Crippen molar-refractivity contribution >= 4 is 62.5 Å². The highest BCUT2D eigenvalue weighted by Crippen LogP contribution is 2.38. The van der Waals surface area contributed by atoms with Gasteiger partial charge in [-0.2, -0.15) is 0 Å². The van der Waals surface area contributed by atoms with Crippen molar-refractivity contribution in [1.82, 2.24) is 5.32 Å². The van der Waals surface area contributed by atoms with Crippen LogP contribution < -0.4 is 19.7 Å². The van der Waals surface area contributed by atoms with Crippen molar-refractivity contribution in [2.45, 2.75) is 6.61 Å². The third-order valence-corrected chi connectivity index (χ3v) is 6.15. The van der Waals surface area contributed by atoms with Crippen molar-refractivity contribution in [1.29, 1.82) is 0 Å². The topological polar surface area (TPSA) is 111 Å². The van der Waals surface area contributed by atoms with Crippen LogP contribution in [0.15, 0.2) is 70.7 Å². The minimum atomic E-state index is -0.679. The predicted octanol–water partition coefficient (Wildman–Crippen LogP) is 4.92. The summed E-state index contributed by atoms with van der Waals surface area (Å²) in [6.45, 7) is 0.109. The average Bonchev–Trinajstić information content (AvgIpc) is 2.87. The number of halogens is 2. The van der Waals surface area contributed by atoms with E-state index in [1.165, 1.54) is 49.6 Å². The first-order valence-corrected chi connectivity index (χ1v) is 11.8. The molecule has 2 amide bonds. The molecule has 188 valence electrons. The highest BCUT2D eigenvalue weighted by Gasteiger charge is 2.34. The normalized spacial score (nSPS) is 14.5. The van der Waals surface area contributed by atoms with Crippen LogP contribution in [0.2, 0.25) is 0 Å². The van der Waals surface area contributed by atoms with Crippen LogP contribution in [0.5, 0.6) is 11.5 Å². The van der Waals surface area contributed by atoms with Gasteiger partial charge in [-0.1, -0.05) is 0 Å². The number of nitro benzene ring substituents is 1. The molecule has 0 aromatic heterocycles. The highest BCUT2D eigenvalue weighted by atomic mass is 79.9. The number of ether oxygens (including phenoxy) is 2. The number of benzene rings is 3. The summed E-state index contributed by atoms with van der Waals surface area (Å²) in [5.74, 6) is -1.16. The Morgan fingerprint density at radius 3 is 2.43 bits per heavy atom. The van der Waals surface area contributed by atoms with E-state index < -0.39 is 22.6 Å². The molecule has 0 unspecified atom stereocenters. The van der Waals surface area contributed by atoms with Crippen molar-refractivity contribution in [3.8, 4) is 11.5 Å². The highest BCUT2D eigenvalue weighted by molar-refractivity contribution is 9.10. The number of nitrogens with zero attached hydrogens (tertiary/aromatic N) is 2. The smallest absolute Gasteiger partial charge is 0.270 e. The van der Waals surface area contributed by atoms with E-state index >= 15 is 0 Å². The fourth-order valence-corrected chi connectivity index (χ4v) is 4.34. The van der Waals surface area contributed by atoms with E-state index in [1.807, 2.05) is 0 Å². The SMILES string of the molecule is COc1cc(/C=C2/C(=O)NC(=S)N(c3ccc(F)cc3)C2=O)cc(Br)c1OCc1ccc([N+](=O)[O-])cc1. The largest absolute Gasteiger partial charge is 0.493 e. The maximum Gasteiger partial charge on any atom is 0.270 e. The number of nitro groups is 1. The van der Waals surface area contributed by atoms with Gasteiger partial charge < -0.3 is 9.47 Å². The van der Waals surface area contributed by atoms with Gasteiger partial charge in [-0.15, -0.1) is 0 Å². The summed E-state index contributed by atoms with van der Waals surface area (Å²) in [6, 6.07) is 14.3. The molecule has 0 radical (unpaired) electrons. The predicted molar refractivity (Wildman–Crippen MR) is 141 cm³/mol. The van der Waals surface area contributed by atoms with E-state index in [1.54, 1.807) is 24.3 Å². The Hall–Kier alpha value is -4.16. The van der Waals surface area contributed by atoms with Crippen LogP contribution in [0.3, 0.4) is 0 Å². The van der Waals surface area contributed by atoms with Crippen LogP contribution in [0.1, 0.15) is 11.1 Å². The van der Waals surface area contributed by atoms with Crippen LogP contribution in [-0.4, -0.2) is 29.0 Å². The zero-order chi connectivity index (χ0) is 26.7. The molecule has 0 saturated carbocycles. The van der Waals surface area contributed by atoms with Gasteiger partial charge in [-0.3, -0.25) is 29.9 Å². The molecule has 1 aliphatic heterocycles. The van der Waals surface area contributed by atoms with Crippen molar-refractivity contribution in [3.63, 3.8) is 0 Å². The van der Waals surface area contributed by atoms with Gasteiger partial charge in [0.2, 0.25) is 0 Å². The van der Waals surface area contributed by atoms with Gasteiger partial charge in [-0.05, 0) is 93.9 Å². The maximum absolute atomic E-state index is 13.3. The Morgan fingerprint density at radius 1 is 1.14 bits per heavy atom. The first-order chi connectivity index (χ1) is 17.7. The third kappa shape index (κ3) is 5.65. The van der Waals surface area contributed by atoms with Crippen LogP contribution in [0, 0.1) is 15.9 Å². The third-order valence-electron chi connectivity index (χ3n) is 5.28. The number of hydrogen-bond donors (Lipinski definition) is 1. The number of nitrogens with one attached hydrogen (secondary N) is 1. The van der Waals surface area contributed by atoms with E-state index in [-0.39, 0.29) is 23.0 Å². The van der Waals surface area contributed by atoms with E-state index in [9.17, 15) is 24.1 Å². The number of thiocarbonyl (C=S) groups is 1. The molecule has 9 nitrogen and oxygen atoms in total. The van der Waals surface area contributed by atoms with E-state index in [2.05, 4.69) is 21.2 Å². The minimum Gasteiger partial charge on any atom is -0.493 e. The van der Waals surface area contributed by atoms with E-state index in [0.717, 1.165) is 4.90 Å². The van der Waals surface area contributed by atoms with Crippen LogP contribution in [0.4, 0.5) is 15.8 Å². The Kier molecular flexibility index (Phi) is 7.60. The summed E-state index contributed by atoms with van der Waals surface area (Å²) in [6.07, 6.45) is 1.38. The second kappa shape index (κ2) is 10.8. The molecule has 0 aliphatic carbocycles. The molecule has 4 rings (SSSR count). The maximum atomic E-state index is 13.3. The van der Waals surface area contributed by atoms with Crippen LogP contribution in [-0.2, 0) is 16.2 Å². The van der Waals surface area contributed by atoms with Gasteiger partial charge >= 0.3 is 0 Å². The molecule has 1 aliphatic rings. The number of carbonyl (C=O) groups excluding carboxylic acids is 2. The molecular weight excluding hydrogens is 569 g/mol. The van der Waals surface area contributed by atoms with Gasteiger partial charge in [0.1, 0.15) is 18.0 Å². The van der Waals surface area contributed by atoms with Crippen molar-refractivity contribution in [3.05, 3.63) is 97.8 Å². The summed E-state index contributed by atoms with van der Waals surface area (Å²) in [5.41, 5.74) is 1.24. The van der Waals surface area contributed by atoms with Crippen molar-refractivity contribution in [2.24, 2.45) is 0 Å². The Bertz CT molecular complexity index is 1440. The number of hydrogen-bond acceptors (Lipinski definition) is 7. The second-order valence-corrected chi connectivity index (χ2v) is 8.92. The first kappa shape index (κ1) is 25.9. The number of rotatable bonds is 7. The second-order valence-electron chi connectivity index (χ2n) is 7.68. The fourth-order valence-electron chi connectivity index (χ4n) is 3.48. The Morgan fingerprint density at radius 2 is 1.81 bits per heavy atom. The number of carbonyl (C=O) groups is 2. The number of methoxy groups -OCH3 is 1. The molecule has 1 N–H and O–H groups in total. The molecule has 0 atom stereocenters. The first-order valence-electron chi connectivity index (χ1n) is 10.6. The van der Waals surface area contributed by atoms with Gasteiger partial charge in [0.25, 0.3) is 17.5 Å². The lowest BCUT2D eigenvalue weighted by molar-refractivity contribution is -0.384. The van der Waals surface area contributed by atoms with Gasteiger partial charge in [0.15, 0.2) is 16.6 Å². The van der Waals surface area contributed by atoms with Gasteiger partial charge in [0, 0.05) is 12.1 Å². The van der Waals surface area contributed by atoms with E-state index in [4.69, 9.17) is 21.7 Å². The molecule has 12 heteroatoms. The lowest BCUT2D eigenvalue weighted by atomic mass is 10.1. The fraction of sp³-hybridized carbons (Fsp3) is 0.0800. The molecule has 3 aromatic carbocycles. The zero-order valence-corrected chi connectivity index (χ0v) is 21.5. The van der Waals surface area contributed by atoms with Crippen molar-refractivity contribution < 1.29 is 28.4 Å². The summed E-state index contributed by atoms with van der Waals surface area (Å²) < 4.78 is 25.1. The lowest BCUT2D eigenvalue weighted by Crippen LogP contribution is -2.54. The number of amides is 2. The van der Waals surface area contributed by atoms with Gasteiger partial charge in [0.05, 0.1) is 22.2 Å². The summed E-state index contributed by atoms with van der Waals surface area (Å²) >= 11 is 8.58. The molecule has 3 aromatic rings. The average molecular weight is 586 g/mol. The van der Waals surface area contributed by atoms with Crippen LogP contribution >= 0.6 is 28.1 Å². The molecular formula is C25H17BrFN3O6S. The standard InChI is InChI=1S/C25H17BrFN3O6S/c1-35-21-12-15(11-20(26)22(21)36-13-14-2-6-18(7-3-14)30(33)34)10-19-23(31)28-25(37)29(24(19)32)17-8-4-16(27)5-9-17/h2-12H,13H2,1H3,(H,28,31,37)/b19-10-. The Balaban J connectivity index is 1.60. The summed E-state index contributed by atoms with van der Waals surface area (Å²) in [7, 11) is 1.44. The monoisotopic (exact) mass is 585 g/mol.